The van der Waals surface area contributed by atoms with Crippen molar-refractivity contribution in [2.24, 2.45) is 11.8 Å². The molecular formula is C11H16N2O5. The van der Waals surface area contributed by atoms with Crippen molar-refractivity contribution >= 4 is 18.0 Å². The molecule has 0 spiro atoms. The van der Waals surface area contributed by atoms with E-state index in [1.807, 2.05) is 0 Å². The lowest BCUT2D eigenvalue weighted by molar-refractivity contribution is -0.148. The molecule has 2 N–H and O–H groups in total. The third-order valence-corrected chi connectivity index (χ3v) is 3.34. The number of methoxy groups -OCH3 is 1. The first-order valence-corrected chi connectivity index (χ1v) is 5.89. The topological polar surface area (TPSA) is 95.9 Å². The maximum atomic E-state index is 11.7. The van der Waals surface area contributed by atoms with E-state index in [0.29, 0.717) is 13.1 Å². The van der Waals surface area contributed by atoms with Crippen LogP contribution in [0.15, 0.2) is 0 Å². The van der Waals surface area contributed by atoms with Gasteiger partial charge in [-0.3, -0.25) is 4.79 Å². The highest BCUT2D eigenvalue weighted by Crippen LogP contribution is 2.34. The molecule has 2 amide bonds. The Kier molecular flexibility index (Phi) is 3.40. The number of hydrogen-bond acceptors (Lipinski definition) is 4. The molecule has 1 aliphatic carbocycles. The van der Waals surface area contributed by atoms with Crippen LogP contribution in [0.4, 0.5) is 4.79 Å². The highest BCUT2D eigenvalue weighted by Gasteiger charge is 2.44. The number of rotatable bonds is 4. The van der Waals surface area contributed by atoms with Crippen molar-refractivity contribution in [1.29, 1.82) is 0 Å². The van der Waals surface area contributed by atoms with Gasteiger partial charge in [0.1, 0.15) is 6.04 Å². The maximum absolute atomic E-state index is 11.7. The zero-order chi connectivity index (χ0) is 13.3. The van der Waals surface area contributed by atoms with Crippen molar-refractivity contribution in [2.75, 3.05) is 20.2 Å². The van der Waals surface area contributed by atoms with E-state index in [2.05, 4.69) is 10.1 Å². The average molecular weight is 256 g/mol. The largest absolute Gasteiger partial charge is 0.480 e. The molecule has 2 aliphatic rings. The number of carboxylic acid groups (broad SMARTS) is 1. The van der Waals surface area contributed by atoms with Crippen LogP contribution in [0.25, 0.3) is 0 Å². The minimum atomic E-state index is -1.11. The molecule has 0 bridgehead atoms. The third kappa shape index (κ3) is 2.55. The number of amides is 2. The SMILES string of the molecule is COC(=O)N[C@H](C(=O)O)C1CN(C(=O)C2CC2)C1. The molecule has 1 heterocycles. The lowest BCUT2D eigenvalue weighted by Crippen LogP contribution is -2.61. The van der Waals surface area contributed by atoms with Crippen LogP contribution in [-0.4, -0.2) is 54.2 Å². The van der Waals surface area contributed by atoms with Gasteiger partial charge in [-0.2, -0.15) is 0 Å². The van der Waals surface area contributed by atoms with Gasteiger partial charge in [0.2, 0.25) is 5.91 Å². The molecule has 7 heteroatoms. The molecule has 0 aromatic rings. The number of nitrogens with zero attached hydrogens (tertiary/aromatic N) is 1. The molecule has 1 saturated heterocycles. The van der Waals surface area contributed by atoms with Crippen LogP contribution in [0.3, 0.4) is 0 Å². The summed E-state index contributed by atoms with van der Waals surface area (Å²) in [4.78, 5) is 35.4. The van der Waals surface area contributed by atoms with Gasteiger partial charge in [0, 0.05) is 24.9 Å². The summed E-state index contributed by atoms with van der Waals surface area (Å²) in [5, 5.41) is 11.3. The fourth-order valence-electron chi connectivity index (χ4n) is 2.06. The second-order valence-corrected chi connectivity index (χ2v) is 4.73. The van der Waals surface area contributed by atoms with Crippen molar-refractivity contribution in [3.05, 3.63) is 0 Å². The fraction of sp³-hybridized carbons (Fsp3) is 0.727. The Balaban J connectivity index is 1.84. The zero-order valence-corrected chi connectivity index (χ0v) is 10.1. The first-order valence-electron chi connectivity index (χ1n) is 5.89. The molecular weight excluding hydrogens is 240 g/mol. The molecule has 100 valence electrons. The average Bonchev–Trinajstić information content (AvgIpc) is 3.08. The molecule has 2 rings (SSSR count). The maximum Gasteiger partial charge on any atom is 0.407 e. The van der Waals surface area contributed by atoms with Gasteiger partial charge in [0.05, 0.1) is 7.11 Å². The Bertz CT molecular complexity index is 374. The second-order valence-electron chi connectivity index (χ2n) is 4.73. The number of nitrogens with one attached hydrogen (secondary N) is 1. The predicted octanol–water partition coefficient (Wildman–Crippen LogP) is -0.336. The van der Waals surface area contributed by atoms with Gasteiger partial charge in [0.25, 0.3) is 0 Å². The number of carbonyl (C=O) groups is 3. The molecule has 7 nitrogen and oxygen atoms in total. The van der Waals surface area contributed by atoms with Crippen molar-refractivity contribution in [2.45, 2.75) is 18.9 Å². The lowest BCUT2D eigenvalue weighted by Gasteiger charge is -2.42. The van der Waals surface area contributed by atoms with E-state index >= 15 is 0 Å². The van der Waals surface area contributed by atoms with Crippen LogP contribution >= 0.6 is 0 Å². The van der Waals surface area contributed by atoms with Gasteiger partial charge in [-0.1, -0.05) is 0 Å². The number of ether oxygens (including phenoxy) is 1. The van der Waals surface area contributed by atoms with E-state index in [-0.39, 0.29) is 17.7 Å². The highest BCUT2D eigenvalue weighted by atomic mass is 16.5. The summed E-state index contributed by atoms with van der Waals surface area (Å²) >= 11 is 0. The number of hydrogen-bond donors (Lipinski definition) is 2. The number of carboxylic acids is 1. The fourth-order valence-corrected chi connectivity index (χ4v) is 2.06. The molecule has 1 saturated carbocycles. The van der Waals surface area contributed by atoms with E-state index in [1.54, 1.807) is 4.90 Å². The molecule has 2 fully saturated rings. The Labute approximate surface area is 104 Å². The Morgan fingerprint density at radius 3 is 2.39 bits per heavy atom. The summed E-state index contributed by atoms with van der Waals surface area (Å²) in [6.45, 7) is 0.770. The summed E-state index contributed by atoms with van der Waals surface area (Å²) < 4.78 is 4.38. The second kappa shape index (κ2) is 4.83. The van der Waals surface area contributed by atoms with E-state index in [0.717, 1.165) is 12.8 Å². The van der Waals surface area contributed by atoms with Crippen molar-refractivity contribution in [3.63, 3.8) is 0 Å². The molecule has 0 aromatic heterocycles. The summed E-state index contributed by atoms with van der Waals surface area (Å²) in [5.74, 6) is -1.11. The Morgan fingerprint density at radius 2 is 1.94 bits per heavy atom. The van der Waals surface area contributed by atoms with E-state index < -0.39 is 18.1 Å². The molecule has 1 aliphatic heterocycles. The van der Waals surface area contributed by atoms with Crippen molar-refractivity contribution in [3.8, 4) is 0 Å². The summed E-state index contributed by atoms with van der Waals surface area (Å²) in [6, 6.07) is -0.999. The first-order chi connectivity index (χ1) is 8.52. The Hall–Kier alpha value is -1.79. The van der Waals surface area contributed by atoms with Crippen LogP contribution in [0, 0.1) is 11.8 Å². The summed E-state index contributed by atoms with van der Waals surface area (Å²) in [5.41, 5.74) is 0. The van der Waals surface area contributed by atoms with Crippen LogP contribution in [0.5, 0.6) is 0 Å². The van der Waals surface area contributed by atoms with E-state index in [4.69, 9.17) is 5.11 Å². The number of aliphatic carboxylic acids is 1. The van der Waals surface area contributed by atoms with Gasteiger partial charge in [0.15, 0.2) is 0 Å². The number of alkyl carbamates (subject to hydrolysis) is 1. The molecule has 1 atom stereocenters. The Morgan fingerprint density at radius 1 is 1.33 bits per heavy atom. The van der Waals surface area contributed by atoms with Crippen LogP contribution in [0.2, 0.25) is 0 Å². The minimum Gasteiger partial charge on any atom is -0.480 e. The van der Waals surface area contributed by atoms with Gasteiger partial charge in [-0.05, 0) is 12.8 Å². The minimum absolute atomic E-state index is 0.105. The normalized spacial score (nSPS) is 20.8. The quantitative estimate of drug-likeness (QED) is 0.717. The standard InChI is InChI=1S/C11H16N2O5/c1-18-11(17)12-8(10(15)16)7-4-13(5-7)9(14)6-2-3-6/h6-8H,2-5H2,1H3,(H,12,17)(H,15,16)/t8-/m0/s1. The predicted molar refractivity (Wildman–Crippen MR) is 59.8 cm³/mol. The third-order valence-electron chi connectivity index (χ3n) is 3.34. The zero-order valence-electron chi connectivity index (χ0n) is 10.1. The van der Waals surface area contributed by atoms with Crippen LogP contribution < -0.4 is 5.32 Å². The van der Waals surface area contributed by atoms with Gasteiger partial charge in [-0.25, -0.2) is 9.59 Å². The smallest absolute Gasteiger partial charge is 0.407 e. The van der Waals surface area contributed by atoms with Crippen LogP contribution in [-0.2, 0) is 14.3 Å². The molecule has 0 unspecified atom stereocenters. The first kappa shape index (κ1) is 12.7. The summed E-state index contributed by atoms with van der Waals surface area (Å²) in [6.07, 6.45) is 1.10. The van der Waals surface area contributed by atoms with Crippen molar-refractivity contribution in [1.82, 2.24) is 10.2 Å². The van der Waals surface area contributed by atoms with Crippen LogP contribution in [0.1, 0.15) is 12.8 Å². The van der Waals surface area contributed by atoms with E-state index in [9.17, 15) is 14.4 Å². The lowest BCUT2D eigenvalue weighted by atomic mass is 9.91. The van der Waals surface area contributed by atoms with Gasteiger partial charge >= 0.3 is 12.1 Å². The molecule has 0 aromatic carbocycles. The van der Waals surface area contributed by atoms with Gasteiger partial charge in [-0.15, -0.1) is 0 Å². The molecule has 18 heavy (non-hydrogen) atoms. The monoisotopic (exact) mass is 256 g/mol. The number of likely N-dealkylation sites (tertiary alicyclic amines) is 1. The molecule has 0 radical (unpaired) electrons. The van der Waals surface area contributed by atoms with Gasteiger partial charge < -0.3 is 20.1 Å². The highest BCUT2D eigenvalue weighted by molar-refractivity contribution is 5.83. The van der Waals surface area contributed by atoms with Crippen molar-refractivity contribution < 1.29 is 24.2 Å². The van der Waals surface area contributed by atoms with E-state index in [1.165, 1.54) is 7.11 Å². The number of carbonyl (C=O) groups excluding carboxylic acids is 2. The summed E-state index contributed by atoms with van der Waals surface area (Å²) in [7, 11) is 1.18.